The average Bonchev–Trinajstić information content (AvgIpc) is 2.64. The standard InChI is InChI=1S/C22H29N3O5/c1-14(2)23-18(26)13-24-9-10-25-16-8-6-5-7-15(16)11-22(17(25)12-24)19(27)29-21(3,4)30-20(22)28/h5-8,14,17H,9-13H2,1-4H3,(H,23,26). The number of cyclic esters (lactones) is 2. The molecule has 1 aromatic rings. The van der Waals surface area contributed by atoms with Gasteiger partial charge in [-0.3, -0.25) is 19.3 Å². The normalized spacial score (nSPS) is 24.7. The Morgan fingerprint density at radius 2 is 1.83 bits per heavy atom. The number of fused-ring (bicyclic) bond motifs is 4. The summed E-state index contributed by atoms with van der Waals surface area (Å²) in [5.74, 6) is -2.46. The molecule has 3 aliphatic heterocycles. The second-order valence-electron chi connectivity index (χ2n) is 9.12. The number of benzene rings is 1. The van der Waals surface area contributed by atoms with Gasteiger partial charge in [0.1, 0.15) is 0 Å². The van der Waals surface area contributed by atoms with Crippen LogP contribution in [-0.2, 0) is 30.3 Å². The number of nitrogens with zero attached hydrogens (tertiary/aromatic N) is 2. The molecule has 8 nitrogen and oxygen atoms in total. The van der Waals surface area contributed by atoms with Crippen LogP contribution in [0.4, 0.5) is 5.69 Å². The molecule has 3 heterocycles. The lowest BCUT2D eigenvalue weighted by Crippen LogP contribution is -2.71. The number of hydrogen-bond donors (Lipinski definition) is 1. The summed E-state index contributed by atoms with van der Waals surface area (Å²) in [6.07, 6.45) is 0.226. The van der Waals surface area contributed by atoms with Crippen molar-refractivity contribution in [3.05, 3.63) is 29.8 Å². The lowest BCUT2D eigenvalue weighted by molar-refractivity contribution is -0.253. The van der Waals surface area contributed by atoms with E-state index < -0.39 is 29.2 Å². The average molecular weight is 415 g/mol. The van der Waals surface area contributed by atoms with Crippen LogP contribution in [0.25, 0.3) is 0 Å². The molecule has 0 radical (unpaired) electrons. The van der Waals surface area contributed by atoms with Gasteiger partial charge in [-0.05, 0) is 25.5 Å². The fourth-order valence-corrected chi connectivity index (χ4v) is 4.77. The SMILES string of the molecule is CC(C)NC(=O)CN1CCN2c3ccccc3CC3(C(=O)OC(C)(C)OC3=O)C2C1. The minimum atomic E-state index is -1.45. The van der Waals surface area contributed by atoms with Gasteiger partial charge in [-0.1, -0.05) is 18.2 Å². The van der Waals surface area contributed by atoms with Crippen molar-refractivity contribution in [1.29, 1.82) is 0 Å². The Balaban J connectivity index is 1.69. The lowest BCUT2D eigenvalue weighted by Gasteiger charge is -2.54. The van der Waals surface area contributed by atoms with Crippen LogP contribution in [0, 0.1) is 5.41 Å². The first-order valence-corrected chi connectivity index (χ1v) is 10.5. The fraction of sp³-hybridized carbons (Fsp3) is 0.591. The van der Waals surface area contributed by atoms with Crippen LogP contribution in [0.1, 0.15) is 33.3 Å². The second kappa shape index (κ2) is 7.27. The molecule has 4 rings (SSSR count). The third-order valence-corrected chi connectivity index (χ3v) is 6.03. The molecular formula is C22H29N3O5. The van der Waals surface area contributed by atoms with Gasteiger partial charge in [0.05, 0.1) is 12.6 Å². The number of rotatable bonds is 3. The molecule has 0 bridgehead atoms. The van der Waals surface area contributed by atoms with Gasteiger partial charge in [0.25, 0.3) is 5.79 Å². The molecule has 0 aliphatic carbocycles. The van der Waals surface area contributed by atoms with Gasteiger partial charge < -0.3 is 19.7 Å². The topological polar surface area (TPSA) is 88.2 Å². The van der Waals surface area contributed by atoms with Crippen LogP contribution in [0.3, 0.4) is 0 Å². The van der Waals surface area contributed by atoms with Crippen LogP contribution in [-0.4, -0.2) is 66.8 Å². The molecule has 162 valence electrons. The van der Waals surface area contributed by atoms with Gasteiger partial charge in [0, 0.05) is 51.6 Å². The number of amides is 1. The van der Waals surface area contributed by atoms with Gasteiger partial charge in [0.15, 0.2) is 5.41 Å². The maximum Gasteiger partial charge on any atom is 0.329 e. The van der Waals surface area contributed by atoms with E-state index >= 15 is 0 Å². The zero-order valence-corrected chi connectivity index (χ0v) is 17.9. The van der Waals surface area contributed by atoms with Crippen LogP contribution >= 0.6 is 0 Å². The number of carbonyl (C=O) groups is 3. The molecule has 1 unspecified atom stereocenters. The highest BCUT2D eigenvalue weighted by atomic mass is 16.7. The lowest BCUT2D eigenvalue weighted by atomic mass is 9.69. The minimum Gasteiger partial charge on any atom is -0.422 e. The van der Waals surface area contributed by atoms with E-state index in [9.17, 15) is 14.4 Å². The molecule has 2 fully saturated rings. The van der Waals surface area contributed by atoms with Gasteiger partial charge in [-0.15, -0.1) is 0 Å². The molecule has 1 N–H and O–H groups in total. The van der Waals surface area contributed by atoms with Crippen molar-refractivity contribution in [3.63, 3.8) is 0 Å². The van der Waals surface area contributed by atoms with E-state index in [1.165, 1.54) is 0 Å². The number of piperazine rings is 1. The Morgan fingerprint density at radius 3 is 2.50 bits per heavy atom. The van der Waals surface area contributed by atoms with Crippen LogP contribution in [0.15, 0.2) is 24.3 Å². The first-order chi connectivity index (χ1) is 14.1. The Morgan fingerprint density at radius 1 is 1.17 bits per heavy atom. The van der Waals surface area contributed by atoms with E-state index in [2.05, 4.69) is 10.2 Å². The van der Waals surface area contributed by atoms with Crippen molar-refractivity contribution in [2.24, 2.45) is 5.41 Å². The molecule has 8 heteroatoms. The summed E-state index contributed by atoms with van der Waals surface area (Å²) in [6, 6.07) is 7.40. The van der Waals surface area contributed by atoms with Crippen molar-refractivity contribution >= 4 is 23.5 Å². The monoisotopic (exact) mass is 415 g/mol. The van der Waals surface area contributed by atoms with Crippen molar-refractivity contribution in [1.82, 2.24) is 10.2 Å². The molecular weight excluding hydrogens is 386 g/mol. The van der Waals surface area contributed by atoms with Crippen LogP contribution in [0.2, 0.25) is 0 Å². The largest absolute Gasteiger partial charge is 0.422 e. The summed E-state index contributed by atoms with van der Waals surface area (Å²) in [7, 11) is 0. The summed E-state index contributed by atoms with van der Waals surface area (Å²) in [5.41, 5.74) is 0.495. The first kappa shape index (κ1) is 20.7. The zero-order chi connectivity index (χ0) is 21.7. The van der Waals surface area contributed by atoms with E-state index in [0.29, 0.717) is 19.6 Å². The molecule has 2 saturated heterocycles. The van der Waals surface area contributed by atoms with E-state index in [4.69, 9.17) is 9.47 Å². The molecule has 30 heavy (non-hydrogen) atoms. The highest BCUT2D eigenvalue weighted by Gasteiger charge is 2.64. The van der Waals surface area contributed by atoms with Crippen molar-refractivity contribution in [3.8, 4) is 0 Å². The zero-order valence-electron chi connectivity index (χ0n) is 17.9. The van der Waals surface area contributed by atoms with Gasteiger partial charge >= 0.3 is 11.9 Å². The predicted octanol–water partition coefficient (Wildman–Crippen LogP) is 1.08. The third kappa shape index (κ3) is 3.43. The molecule has 3 aliphatic rings. The van der Waals surface area contributed by atoms with E-state index in [1.54, 1.807) is 13.8 Å². The van der Waals surface area contributed by atoms with E-state index in [0.717, 1.165) is 11.3 Å². The number of ether oxygens (including phenoxy) is 2. The van der Waals surface area contributed by atoms with Gasteiger partial charge in [-0.2, -0.15) is 0 Å². The van der Waals surface area contributed by atoms with Crippen molar-refractivity contribution in [2.75, 3.05) is 31.1 Å². The highest BCUT2D eigenvalue weighted by Crippen LogP contribution is 2.47. The molecule has 0 aromatic heterocycles. The smallest absolute Gasteiger partial charge is 0.329 e. The Kier molecular flexibility index (Phi) is 5.00. The molecule has 1 aromatic carbocycles. The quantitative estimate of drug-likeness (QED) is 0.584. The Hall–Kier alpha value is -2.61. The number of nitrogens with one attached hydrogen (secondary N) is 1. The maximum absolute atomic E-state index is 13.3. The number of anilines is 1. The van der Waals surface area contributed by atoms with E-state index in [1.807, 2.05) is 43.0 Å². The number of esters is 2. The van der Waals surface area contributed by atoms with E-state index in [-0.39, 0.29) is 24.9 Å². The summed E-state index contributed by atoms with van der Waals surface area (Å²) in [6.45, 7) is 8.82. The predicted molar refractivity (Wildman–Crippen MR) is 110 cm³/mol. The van der Waals surface area contributed by atoms with Crippen molar-refractivity contribution in [2.45, 2.75) is 52.0 Å². The molecule has 1 atom stereocenters. The number of hydrogen-bond acceptors (Lipinski definition) is 7. The van der Waals surface area contributed by atoms with Gasteiger partial charge in [0.2, 0.25) is 5.91 Å². The van der Waals surface area contributed by atoms with Gasteiger partial charge in [-0.25, -0.2) is 0 Å². The fourth-order valence-electron chi connectivity index (χ4n) is 4.77. The molecule has 0 saturated carbocycles. The summed E-state index contributed by atoms with van der Waals surface area (Å²) >= 11 is 0. The summed E-state index contributed by atoms with van der Waals surface area (Å²) in [4.78, 5) is 43.0. The van der Waals surface area contributed by atoms with Crippen LogP contribution < -0.4 is 10.2 Å². The summed E-state index contributed by atoms with van der Waals surface area (Å²) in [5, 5.41) is 2.90. The highest BCUT2D eigenvalue weighted by molar-refractivity contribution is 6.04. The minimum absolute atomic E-state index is 0.0530. The second-order valence-corrected chi connectivity index (χ2v) is 9.12. The maximum atomic E-state index is 13.3. The molecule has 1 spiro atoms. The third-order valence-electron chi connectivity index (χ3n) is 6.03. The Bertz CT molecular complexity index is 861. The Labute approximate surface area is 176 Å². The number of para-hydroxylation sites is 1. The summed E-state index contributed by atoms with van der Waals surface area (Å²) < 4.78 is 11.1. The number of carbonyl (C=O) groups excluding carboxylic acids is 3. The molecule has 1 amide bonds. The van der Waals surface area contributed by atoms with Crippen LogP contribution in [0.5, 0.6) is 0 Å². The first-order valence-electron chi connectivity index (χ1n) is 10.5. The van der Waals surface area contributed by atoms with Crippen molar-refractivity contribution < 1.29 is 23.9 Å².